The highest BCUT2D eigenvalue weighted by molar-refractivity contribution is 5.83. The van der Waals surface area contributed by atoms with E-state index in [2.05, 4.69) is 35.9 Å². The Bertz CT molecular complexity index is 825. The molecule has 0 aromatic carbocycles. The predicted octanol–water partition coefficient (Wildman–Crippen LogP) is -2.56. The van der Waals surface area contributed by atoms with E-state index in [9.17, 15) is 20.1 Å². The van der Waals surface area contributed by atoms with Gasteiger partial charge in [0.25, 0.3) is 0 Å². The molecule has 0 aliphatic carbocycles. The van der Waals surface area contributed by atoms with Crippen LogP contribution in [0.15, 0.2) is 12.7 Å². The van der Waals surface area contributed by atoms with Gasteiger partial charge in [-0.15, -0.1) is 0 Å². The molecule has 6 atom stereocenters. The van der Waals surface area contributed by atoms with Crippen molar-refractivity contribution < 1.29 is 24.9 Å². The zero-order valence-corrected chi connectivity index (χ0v) is 14.9. The lowest BCUT2D eigenvalue weighted by atomic mass is 9.95. The second-order valence-electron chi connectivity index (χ2n) is 6.91. The Morgan fingerprint density at radius 2 is 2.14 bits per heavy atom. The molecular weight excluding hydrogens is 370 g/mol. The number of imidazole rings is 1. The summed E-state index contributed by atoms with van der Waals surface area (Å²) in [4.78, 5) is 27.4. The summed E-state index contributed by atoms with van der Waals surface area (Å²) in [5.74, 6) is 0.0326. The van der Waals surface area contributed by atoms with Gasteiger partial charge in [-0.05, 0) is 19.4 Å². The van der Waals surface area contributed by atoms with Crippen molar-refractivity contribution in [2.45, 2.75) is 49.5 Å². The lowest BCUT2D eigenvalue weighted by Crippen LogP contribution is -2.66. The van der Waals surface area contributed by atoms with Gasteiger partial charge < -0.3 is 41.0 Å². The van der Waals surface area contributed by atoms with E-state index in [0.29, 0.717) is 23.4 Å². The normalized spacial score (nSPS) is 33.1. The Labute approximate surface area is 159 Å². The minimum absolute atomic E-state index is 0.294. The van der Waals surface area contributed by atoms with Gasteiger partial charge in [0.1, 0.15) is 30.2 Å². The maximum absolute atomic E-state index is 12.4. The third-order valence-corrected chi connectivity index (χ3v) is 5.12. The summed E-state index contributed by atoms with van der Waals surface area (Å²) in [7, 11) is 0. The van der Waals surface area contributed by atoms with Gasteiger partial charge >= 0.3 is 0 Å². The first kappa shape index (κ1) is 19.0. The fourth-order valence-electron chi connectivity index (χ4n) is 3.60. The zero-order valence-electron chi connectivity index (χ0n) is 14.9. The van der Waals surface area contributed by atoms with Gasteiger partial charge in [-0.25, -0.2) is 15.0 Å². The Morgan fingerprint density at radius 3 is 2.89 bits per heavy atom. The van der Waals surface area contributed by atoms with Crippen LogP contribution in [-0.2, 0) is 9.53 Å². The molecule has 4 rings (SSSR count). The van der Waals surface area contributed by atoms with E-state index < -0.39 is 37.2 Å². The van der Waals surface area contributed by atoms with E-state index in [1.165, 1.54) is 12.7 Å². The van der Waals surface area contributed by atoms with E-state index >= 15 is 0 Å². The van der Waals surface area contributed by atoms with Crippen molar-refractivity contribution in [1.29, 1.82) is 0 Å². The molecule has 4 heterocycles. The van der Waals surface area contributed by atoms with Crippen LogP contribution in [0.1, 0.15) is 12.8 Å². The highest BCUT2D eigenvalue weighted by atomic mass is 16.5. The Balaban J connectivity index is 1.48. The highest BCUT2D eigenvalue weighted by Crippen LogP contribution is 2.24. The van der Waals surface area contributed by atoms with Crippen molar-refractivity contribution in [2.24, 2.45) is 0 Å². The second kappa shape index (κ2) is 7.93. The number of fused-ring (bicyclic) bond motifs is 1. The maximum atomic E-state index is 12.4. The standard InChI is InChI=1S/C16H23N7O5/c24-4-8-9(22-15(27)7-2-1-3-17-7)11(25)12(26)16(28-8)23-14-10-13(19-5-18-10)20-6-21-14/h5-9,11-12,16-17,24-26H,1-4H2,(H,22,27)(H2,18,19,20,21,23)/t7-,8-,9-,11+,12-,16-/m0/s1. The van der Waals surface area contributed by atoms with Crippen LogP contribution in [0.3, 0.4) is 0 Å². The number of aliphatic hydroxyl groups excluding tert-OH is 3. The van der Waals surface area contributed by atoms with Gasteiger partial charge in [-0.2, -0.15) is 0 Å². The van der Waals surface area contributed by atoms with Crippen LogP contribution in [0, 0.1) is 0 Å². The second-order valence-corrected chi connectivity index (χ2v) is 6.91. The topological polar surface area (TPSA) is 178 Å². The molecule has 2 aromatic heterocycles. The van der Waals surface area contributed by atoms with Gasteiger partial charge in [0.15, 0.2) is 17.7 Å². The largest absolute Gasteiger partial charge is 0.394 e. The van der Waals surface area contributed by atoms with Crippen molar-refractivity contribution in [3.8, 4) is 0 Å². The van der Waals surface area contributed by atoms with Gasteiger partial charge in [0.05, 0.1) is 25.0 Å². The van der Waals surface area contributed by atoms with Gasteiger partial charge in [-0.3, -0.25) is 4.79 Å². The number of aromatic amines is 1. The molecule has 0 saturated carbocycles. The van der Waals surface area contributed by atoms with Crippen LogP contribution < -0.4 is 16.0 Å². The quantitative estimate of drug-likeness (QED) is 0.286. The third-order valence-electron chi connectivity index (χ3n) is 5.12. The van der Waals surface area contributed by atoms with Crippen molar-refractivity contribution >= 4 is 22.9 Å². The molecule has 2 aliphatic heterocycles. The van der Waals surface area contributed by atoms with Crippen LogP contribution in [0.25, 0.3) is 11.2 Å². The third kappa shape index (κ3) is 3.52. The van der Waals surface area contributed by atoms with Crippen LogP contribution in [-0.4, -0.2) is 90.9 Å². The Morgan fingerprint density at radius 1 is 1.29 bits per heavy atom. The molecule has 2 aromatic rings. The average molecular weight is 393 g/mol. The molecular formula is C16H23N7O5. The summed E-state index contributed by atoms with van der Waals surface area (Å²) in [5.41, 5.74) is 0.937. The van der Waals surface area contributed by atoms with Crippen molar-refractivity contribution in [1.82, 2.24) is 30.6 Å². The van der Waals surface area contributed by atoms with E-state index in [-0.39, 0.29) is 11.9 Å². The number of amides is 1. The molecule has 2 fully saturated rings. The minimum Gasteiger partial charge on any atom is -0.394 e. The number of H-pyrrole nitrogens is 1. The SMILES string of the molecule is O=C(N[C@@H]1[C@@H](O)[C@H](O)[C@@H](Nc2ncnc3nc[nH]c23)O[C@H]1CO)[C@@H]1CCCN1. The van der Waals surface area contributed by atoms with E-state index in [1.807, 2.05) is 0 Å². The fraction of sp³-hybridized carbons (Fsp3) is 0.625. The molecule has 28 heavy (non-hydrogen) atoms. The first-order valence-electron chi connectivity index (χ1n) is 9.15. The van der Waals surface area contributed by atoms with Crippen LogP contribution in [0.5, 0.6) is 0 Å². The average Bonchev–Trinajstić information content (AvgIpc) is 3.39. The molecule has 0 bridgehead atoms. The van der Waals surface area contributed by atoms with Crippen molar-refractivity contribution in [3.05, 3.63) is 12.7 Å². The van der Waals surface area contributed by atoms with Crippen LogP contribution in [0.2, 0.25) is 0 Å². The number of nitrogens with zero attached hydrogens (tertiary/aromatic N) is 3. The first-order chi connectivity index (χ1) is 13.6. The molecule has 152 valence electrons. The molecule has 12 heteroatoms. The number of nitrogens with one attached hydrogen (secondary N) is 4. The van der Waals surface area contributed by atoms with Gasteiger partial charge in [0, 0.05) is 0 Å². The molecule has 0 spiro atoms. The number of carbonyl (C=O) groups excluding carboxylic acids is 1. The summed E-state index contributed by atoms with van der Waals surface area (Å²) in [6, 6.07) is -1.31. The maximum Gasteiger partial charge on any atom is 0.237 e. The van der Waals surface area contributed by atoms with Crippen LogP contribution >= 0.6 is 0 Å². The minimum atomic E-state index is -1.38. The molecule has 0 radical (unpaired) electrons. The first-order valence-corrected chi connectivity index (χ1v) is 9.15. The summed E-state index contributed by atoms with van der Waals surface area (Å²) in [6.07, 6.45) is -0.368. The number of rotatable bonds is 5. The molecule has 2 aliphatic rings. The Hall–Kier alpha value is -2.38. The van der Waals surface area contributed by atoms with E-state index in [1.54, 1.807) is 0 Å². The van der Waals surface area contributed by atoms with Crippen molar-refractivity contribution in [3.63, 3.8) is 0 Å². The number of carbonyl (C=O) groups is 1. The highest BCUT2D eigenvalue weighted by Gasteiger charge is 2.45. The number of aliphatic hydroxyl groups is 3. The van der Waals surface area contributed by atoms with Crippen molar-refractivity contribution in [2.75, 3.05) is 18.5 Å². The van der Waals surface area contributed by atoms with E-state index in [0.717, 1.165) is 13.0 Å². The molecule has 12 nitrogen and oxygen atoms in total. The summed E-state index contributed by atoms with van der Waals surface area (Å²) in [5, 5.41) is 39.5. The monoisotopic (exact) mass is 393 g/mol. The fourth-order valence-corrected chi connectivity index (χ4v) is 3.60. The molecule has 2 saturated heterocycles. The smallest absolute Gasteiger partial charge is 0.237 e. The molecule has 0 unspecified atom stereocenters. The van der Waals surface area contributed by atoms with Gasteiger partial charge in [0.2, 0.25) is 5.91 Å². The Kier molecular flexibility index (Phi) is 5.37. The lowest BCUT2D eigenvalue weighted by Gasteiger charge is -2.43. The zero-order chi connectivity index (χ0) is 19.7. The number of ether oxygens (including phenoxy) is 1. The summed E-state index contributed by atoms with van der Waals surface area (Å²) < 4.78 is 5.72. The lowest BCUT2D eigenvalue weighted by molar-refractivity contribution is -0.185. The summed E-state index contributed by atoms with van der Waals surface area (Å²) >= 11 is 0. The molecule has 7 N–H and O–H groups in total. The predicted molar refractivity (Wildman–Crippen MR) is 96.0 cm³/mol. The molecule has 1 amide bonds. The van der Waals surface area contributed by atoms with E-state index in [4.69, 9.17) is 4.74 Å². The number of anilines is 1. The van der Waals surface area contributed by atoms with Gasteiger partial charge in [-0.1, -0.05) is 0 Å². The van der Waals surface area contributed by atoms with Crippen LogP contribution in [0.4, 0.5) is 5.82 Å². The number of hydrogen-bond donors (Lipinski definition) is 7. The summed E-state index contributed by atoms with van der Waals surface area (Å²) in [6.45, 7) is 0.301. The number of hydrogen-bond acceptors (Lipinski definition) is 10. The number of aromatic nitrogens is 4.